The quantitative estimate of drug-likeness (QED) is 0.762. The number of anilines is 1. The summed E-state index contributed by atoms with van der Waals surface area (Å²) in [4.78, 5) is 4.23. The fourth-order valence-corrected chi connectivity index (χ4v) is 1.60. The van der Waals surface area contributed by atoms with Crippen molar-refractivity contribution in [3.63, 3.8) is 0 Å². The van der Waals surface area contributed by atoms with Gasteiger partial charge in [0.25, 0.3) is 0 Å². The second-order valence-corrected chi connectivity index (χ2v) is 4.49. The van der Waals surface area contributed by atoms with E-state index < -0.39 is 12.3 Å². The van der Waals surface area contributed by atoms with Crippen molar-refractivity contribution in [2.24, 2.45) is 0 Å². The van der Waals surface area contributed by atoms with Crippen LogP contribution in [-0.2, 0) is 5.41 Å². The van der Waals surface area contributed by atoms with Crippen molar-refractivity contribution >= 4 is 28.2 Å². The predicted molar refractivity (Wildman–Crippen MR) is 69.9 cm³/mol. The Hall–Kier alpha value is -1.28. The molecule has 1 heterocycles. The van der Waals surface area contributed by atoms with Crippen LogP contribution in [0.25, 0.3) is 10.9 Å². The van der Waals surface area contributed by atoms with Crippen LogP contribution in [0.1, 0.15) is 34.6 Å². The van der Waals surface area contributed by atoms with Gasteiger partial charge in [0, 0.05) is 19.9 Å². The molecule has 84 valence electrons. The van der Waals surface area contributed by atoms with Crippen LogP contribution in [0.2, 0.25) is 5.02 Å². The molecule has 2 N–H and O–H groups in total. The highest BCUT2D eigenvalue weighted by atomic mass is 35.5. The molecule has 0 fully saturated rings. The molecule has 0 aliphatic carbocycles. The largest absolute Gasteiger partial charge is 0.397 e. The van der Waals surface area contributed by atoms with E-state index >= 15 is 0 Å². The number of halogens is 1. The summed E-state index contributed by atoms with van der Waals surface area (Å²) in [7, 11) is 0. The predicted octanol–water partition coefficient (Wildman–Crippen LogP) is 3.77. The molecule has 2 rings (SSSR count). The van der Waals surface area contributed by atoms with Crippen LogP contribution in [0.3, 0.4) is 0 Å². The van der Waals surface area contributed by atoms with Crippen LogP contribution in [0, 0.1) is 0 Å². The summed E-state index contributed by atoms with van der Waals surface area (Å²) in [5, 5.41) is 0.0219. The third-order valence-electron chi connectivity index (χ3n) is 2.17. The van der Waals surface area contributed by atoms with Gasteiger partial charge < -0.3 is 5.73 Å². The van der Waals surface area contributed by atoms with Crippen molar-refractivity contribution in [3.8, 4) is 0 Å². The molecule has 0 saturated carbocycles. The van der Waals surface area contributed by atoms with E-state index in [9.17, 15) is 0 Å². The van der Waals surface area contributed by atoms with E-state index in [1.165, 1.54) is 19.9 Å². The summed E-state index contributed by atoms with van der Waals surface area (Å²) in [6, 6.07) is 0.816. The molecule has 3 heteroatoms. The lowest BCUT2D eigenvalue weighted by Crippen LogP contribution is -2.16. The Morgan fingerprint density at radius 2 is 2.25 bits per heavy atom. The SMILES string of the molecule is [2H]c1cc2nc(C(C)(C)C([2H])([2H])[2H])c(N)c([2H])c2c([2H])c1Cl. The van der Waals surface area contributed by atoms with Crippen LogP contribution in [0.5, 0.6) is 0 Å². The van der Waals surface area contributed by atoms with Gasteiger partial charge in [-0.2, -0.15) is 0 Å². The molecule has 0 bridgehead atoms. The van der Waals surface area contributed by atoms with Crippen molar-refractivity contribution in [1.82, 2.24) is 4.98 Å². The Kier molecular flexibility index (Phi) is 1.33. The van der Waals surface area contributed by atoms with E-state index in [4.69, 9.17) is 25.6 Å². The first-order valence-electron chi connectivity index (χ1n) is 7.75. The Morgan fingerprint density at radius 1 is 1.50 bits per heavy atom. The van der Waals surface area contributed by atoms with Gasteiger partial charge in [-0.25, -0.2) is 0 Å². The Bertz CT molecular complexity index is 770. The van der Waals surface area contributed by atoms with Gasteiger partial charge in [-0.05, 0) is 24.2 Å². The number of aromatic nitrogens is 1. The number of nitrogens with zero attached hydrogens (tertiary/aromatic N) is 1. The number of pyridine rings is 1. The Balaban J connectivity index is 2.92. The first-order chi connectivity index (χ1) is 9.89. The van der Waals surface area contributed by atoms with Gasteiger partial charge in [-0.3, -0.25) is 4.98 Å². The van der Waals surface area contributed by atoms with Crippen LogP contribution in [0.4, 0.5) is 5.69 Å². The fourth-order valence-electron chi connectivity index (χ4n) is 1.45. The number of fused-ring (bicyclic) bond motifs is 1. The number of hydrogen-bond acceptors (Lipinski definition) is 2. The molecular formula is C13H15ClN2. The van der Waals surface area contributed by atoms with E-state index in [1.807, 2.05) is 0 Å². The minimum Gasteiger partial charge on any atom is -0.397 e. The summed E-state index contributed by atoms with van der Waals surface area (Å²) in [5.74, 6) is 0. The summed E-state index contributed by atoms with van der Waals surface area (Å²) in [6.45, 7) is 0.584. The lowest BCUT2D eigenvalue weighted by atomic mass is 9.90. The molecule has 0 atom stereocenters. The normalized spacial score (nSPS) is 18.2. The van der Waals surface area contributed by atoms with Crippen LogP contribution < -0.4 is 5.73 Å². The zero-order valence-corrected chi connectivity index (χ0v) is 9.74. The molecule has 0 aliphatic rings. The zero-order chi connectivity index (χ0) is 17.0. The minimum atomic E-state index is -2.37. The average Bonchev–Trinajstić information content (AvgIpc) is 2.38. The molecule has 0 spiro atoms. The van der Waals surface area contributed by atoms with E-state index in [0.717, 1.165) is 0 Å². The molecule has 1 aromatic carbocycles. The molecule has 0 radical (unpaired) electrons. The van der Waals surface area contributed by atoms with Gasteiger partial charge in [0.05, 0.1) is 21.0 Å². The molecule has 1 aromatic heterocycles. The highest BCUT2D eigenvalue weighted by Gasteiger charge is 2.19. The molecular weight excluding hydrogens is 220 g/mol. The Morgan fingerprint density at radius 3 is 2.94 bits per heavy atom. The topological polar surface area (TPSA) is 38.9 Å². The van der Waals surface area contributed by atoms with E-state index in [0.29, 0.717) is 0 Å². The van der Waals surface area contributed by atoms with Crippen molar-refractivity contribution in [2.45, 2.75) is 26.1 Å². The monoisotopic (exact) mass is 240 g/mol. The maximum Gasteiger partial charge on any atom is 0.0708 e. The summed E-state index contributed by atoms with van der Waals surface area (Å²) in [6.07, 6.45) is 0. The molecule has 0 saturated heterocycles. The van der Waals surface area contributed by atoms with Crippen molar-refractivity contribution in [3.05, 3.63) is 34.9 Å². The van der Waals surface area contributed by atoms with E-state index in [-0.39, 0.29) is 45.4 Å². The van der Waals surface area contributed by atoms with E-state index in [1.54, 1.807) is 0 Å². The summed E-state index contributed by atoms with van der Waals surface area (Å²) >= 11 is 5.87. The zero-order valence-electron chi connectivity index (χ0n) is 15.0. The van der Waals surface area contributed by atoms with E-state index in [2.05, 4.69) is 4.98 Å². The van der Waals surface area contributed by atoms with Gasteiger partial charge in [0.1, 0.15) is 0 Å². The highest BCUT2D eigenvalue weighted by molar-refractivity contribution is 6.31. The van der Waals surface area contributed by atoms with Gasteiger partial charge in [0.2, 0.25) is 0 Å². The first-order valence-corrected chi connectivity index (χ1v) is 5.13. The van der Waals surface area contributed by atoms with Crippen molar-refractivity contribution < 1.29 is 8.22 Å². The lowest BCUT2D eigenvalue weighted by molar-refractivity contribution is 0.574. The number of benzene rings is 1. The standard InChI is InChI=1S/C13H15ClN2/c1-13(2,3)12-10(15)7-8-6-9(14)4-5-11(8)16-12/h4-7H,15H2,1-3H3/i1D3,4D,6D,7D. The number of nitrogen functional groups attached to an aromatic ring is 1. The number of rotatable bonds is 0. The first kappa shape index (κ1) is 5.87. The molecule has 2 aromatic rings. The third kappa shape index (κ3) is 1.98. The van der Waals surface area contributed by atoms with Crippen molar-refractivity contribution in [1.29, 1.82) is 0 Å². The van der Waals surface area contributed by atoms with Crippen LogP contribution >= 0.6 is 11.6 Å². The molecule has 16 heavy (non-hydrogen) atoms. The van der Waals surface area contributed by atoms with Crippen LogP contribution in [-0.4, -0.2) is 4.98 Å². The van der Waals surface area contributed by atoms with Gasteiger partial charge in [-0.1, -0.05) is 32.3 Å². The van der Waals surface area contributed by atoms with Gasteiger partial charge in [0.15, 0.2) is 0 Å². The second-order valence-electron chi connectivity index (χ2n) is 4.11. The maximum atomic E-state index is 8.13. The van der Waals surface area contributed by atoms with Gasteiger partial charge in [-0.15, -0.1) is 0 Å². The highest BCUT2D eigenvalue weighted by Crippen LogP contribution is 2.29. The average molecular weight is 241 g/mol. The molecule has 2 nitrogen and oxygen atoms in total. The van der Waals surface area contributed by atoms with Gasteiger partial charge >= 0.3 is 0 Å². The molecule has 0 amide bonds. The Labute approximate surface area is 109 Å². The second kappa shape index (κ2) is 3.63. The number of nitrogens with two attached hydrogens (primary N) is 1. The number of hydrogen-bond donors (Lipinski definition) is 1. The minimum absolute atomic E-state index is 0.0612. The molecule has 0 unspecified atom stereocenters. The van der Waals surface area contributed by atoms with Crippen molar-refractivity contribution in [2.75, 3.05) is 5.73 Å². The van der Waals surface area contributed by atoms with Crippen LogP contribution in [0.15, 0.2) is 24.2 Å². The summed E-state index contributed by atoms with van der Waals surface area (Å²) in [5.41, 5.74) is 4.69. The molecule has 0 aliphatic heterocycles. The smallest absolute Gasteiger partial charge is 0.0708 e. The lowest BCUT2D eigenvalue weighted by Gasteiger charge is -2.20. The fraction of sp³-hybridized carbons (Fsp3) is 0.308. The summed E-state index contributed by atoms with van der Waals surface area (Å²) < 4.78 is 46.7. The maximum absolute atomic E-state index is 8.13. The third-order valence-corrected chi connectivity index (χ3v) is 2.37.